The van der Waals surface area contributed by atoms with Crippen molar-refractivity contribution < 1.29 is 14.3 Å². The van der Waals surface area contributed by atoms with Crippen molar-refractivity contribution in [2.45, 2.75) is 25.8 Å². The van der Waals surface area contributed by atoms with Crippen molar-refractivity contribution in [3.05, 3.63) is 41.2 Å². The highest BCUT2D eigenvalue weighted by Crippen LogP contribution is 2.33. The zero-order chi connectivity index (χ0) is 19.1. The molecule has 2 heterocycles. The van der Waals surface area contributed by atoms with Gasteiger partial charge in [-0.3, -0.25) is 9.48 Å². The molecule has 1 atom stereocenters. The van der Waals surface area contributed by atoms with E-state index in [1.54, 1.807) is 24.3 Å². The third-order valence-electron chi connectivity index (χ3n) is 4.38. The highest BCUT2D eigenvalue weighted by Gasteiger charge is 2.19. The summed E-state index contributed by atoms with van der Waals surface area (Å²) in [6.07, 6.45) is 4.02. The summed E-state index contributed by atoms with van der Waals surface area (Å²) < 4.78 is 12.8. The number of carbonyl (C=O) groups excluding carboxylic acids is 1. The Kier molecular flexibility index (Phi) is 7.09. The van der Waals surface area contributed by atoms with E-state index >= 15 is 0 Å². The normalized spacial score (nSPS) is 16.9. The smallest absolute Gasteiger partial charge is 0.276 e. The molecule has 7 nitrogen and oxygen atoms in total. The first kappa shape index (κ1) is 19.7. The van der Waals surface area contributed by atoms with Crippen LogP contribution >= 0.6 is 11.6 Å². The maximum Gasteiger partial charge on any atom is 0.276 e. The van der Waals surface area contributed by atoms with Gasteiger partial charge in [-0.05, 0) is 44.5 Å². The topological polar surface area (TPSA) is 77.4 Å². The van der Waals surface area contributed by atoms with E-state index in [0.717, 1.165) is 25.9 Å². The fraction of sp³-hybridized carbons (Fsp3) is 0.474. The van der Waals surface area contributed by atoms with Gasteiger partial charge in [-0.2, -0.15) is 5.10 Å². The number of hydrogen-bond donors (Lipinski definition) is 2. The van der Waals surface area contributed by atoms with Crippen LogP contribution in [0.15, 0.2) is 30.5 Å². The number of hydrogen-bond acceptors (Lipinski definition) is 5. The van der Waals surface area contributed by atoms with Gasteiger partial charge in [0.2, 0.25) is 0 Å². The van der Waals surface area contributed by atoms with Crippen molar-refractivity contribution in [2.24, 2.45) is 0 Å². The van der Waals surface area contributed by atoms with Gasteiger partial charge in [-0.25, -0.2) is 0 Å². The summed E-state index contributed by atoms with van der Waals surface area (Å²) in [5.41, 5.74) is 0.874. The fourth-order valence-corrected chi connectivity index (χ4v) is 3.24. The summed E-state index contributed by atoms with van der Waals surface area (Å²) >= 11 is 6.23. The lowest BCUT2D eigenvalue weighted by Gasteiger charge is -2.22. The first-order valence-corrected chi connectivity index (χ1v) is 9.63. The average Bonchev–Trinajstić information content (AvgIpc) is 3.18. The minimum absolute atomic E-state index is 0.281. The van der Waals surface area contributed by atoms with Crippen molar-refractivity contribution in [1.82, 2.24) is 15.1 Å². The second-order valence-electron chi connectivity index (χ2n) is 6.30. The second kappa shape index (κ2) is 9.73. The molecule has 0 spiro atoms. The van der Waals surface area contributed by atoms with Crippen molar-refractivity contribution in [1.29, 1.82) is 0 Å². The summed E-state index contributed by atoms with van der Waals surface area (Å²) in [6.45, 7) is 5.25. The lowest BCUT2D eigenvalue weighted by atomic mass is 10.1. The minimum Gasteiger partial charge on any atom is -0.487 e. The number of benzene rings is 1. The van der Waals surface area contributed by atoms with Crippen LogP contribution in [0.5, 0.6) is 5.75 Å². The van der Waals surface area contributed by atoms with Crippen molar-refractivity contribution in [2.75, 3.05) is 38.2 Å². The van der Waals surface area contributed by atoms with E-state index in [1.165, 1.54) is 0 Å². The second-order valence-corrected chi connectivity index (χ2v) is 6.70. The van der Waals surface area contributed by atoms with Crippen LogP contribution in [0.3, 0.4) is 0 Å². The number of para-hydroxylation sites is 1. The number of nitrogens with one attached hydrogen (secondary N) is 2. The SMILES string of the molecule is CCOCCOc1c(Cl)cccc1NC(=O)c1ccn(C2CCCNC2)n1. The number of piperidine rings is 1. The van der Waals surface area contributed by atoms with Gasteiger partial charge in [0, 0.05) is 19.3 Å². The zero-order valence-corrected chi connectivity index (χ0v) is 16.2. The van der Waals surface area contributed by atoms with E-state index in [0.29, 0.717) is 42.0 Å². The molecule has 1 fully saturated rings. The number of anilines is 1. The maximum atomic E-state index is 12.6. The molecule has 8 heteroatoms. The van der Waals surface area contributed by atoms with E-state index in [1.807, 2.05) is 17.8 Å². The highest BCUT2D eigenvalue weighted by atomic mass is 35.5. The predicted octanol–water partition coefficient (Wildman–Crippen LogP) is 3.13. The lowest BCUT2D eigenvalue weighted by Crippen LogP contribution is -2.32. The van der Waals surface area contributed by atoms with Gasteiger partial charge in [-0.15, -0.1) is 0 Å². The Balaban J connectivity index is 1.67. The quantitative estimate of drug-likeness (QED) is 0.675. The first-order valence-electron chi connectivity index (χ1n) is 9.25. The number of nitrogens with zero attached hydrogens (tertiary/aromatic N) is 2. The van der Waals surface area contributed by atoms with Crippen LogP contribution in [0.4, 0.5) is 5.69 Å². The Bertz CT molecular complexity index is 759. The van der Waals surface area contributed by atoms with E-state index in [2.05, 4.69) is 15.7 Å². The van der Waals surface area contributed by atoms with Crippen molar-refractivity contribution in [3.8, 4) is 5.75 Å². The summed E-state index contributed by atoms with van der Waals surface area (Å²) in [7, 11) is 0. The largest absolute Gasteiger partial charge is 0.487 e. The van der Waals surface area contributed by atoms with Crippen LogP contribution in [0.2, 0.25) is 5.02 Å². The zero-order valence-electron chi connectivity index (χ0n) is 15.4. The molecule has 0 saturated carbocycles. The Hall–Kier alpha value is -2.09. The Morgan fingerprint density at radius 2 is 2.30 bits per heavy atom. The molecule has 0 bridgehead atoms. The number of amides is 1. The Morgan fingerprint density at radius 1 is 1.41 bits per heavy atom. The summed E-state index contributed by atoms with van der Waals surface area (Å²) in [6, 6.07) is 7.24. The van der Waals surface area contributed by atoms with Gasteiger partial charge in [0.15, 0.2) is 11.4 Å². The molecule has 1 aromatic heterocycles. The summed E-state index contributed by atoms with van der Waals surface area (Å²) in [5.74, 6) is 0.137. The number of halogens is 1. The molecule has 2 aromatic rings. The van der Waals surface area contributed by atoms with Crippen LogP contribution < -0.4 is 15.4 Å². The standard InChI is InChI=1S/C19H25ClN4O3/c1-2-26-11-12-27-18-15(20)6-3-7-16(18)22-19(25)17-8-10-24(23-17)14-5-4-9-21-13-14/h3,6-8,10,14,21H,2,4-5,9,11-13H2,1H3,(H,22,25). The van der Waals surface area contributed by atoms with Crippen LogP contribution in [-0.2, 0) is 4.74 Å². The van der Waals surface area contributed by atoms with Crippen LogP contribution in [0.1, 0.15) is 36.3 Å². The van der Waals surface area contributed by atoms with Crippen molar-refractivity contribution >= 4 is 23.2 Å². The van der Waals surface area contributed by atoms with Crippen LogP contribution in [-0.4, -0.2) is 48.6 Å². The number of rotatable bonds is 8. The molecule has 27 heavy (non-hydrogen) atoms. The number of carbonyl (C=O) groups is 1. The third-order valence-corrected chi connectivity index (χ3v) is 4.68. The van der Waals surface area contributed by atoms with Crippen LogP contribution in [0.25, 0.3) is 0 Å². The molecule has 3 rings (SSSR count). The Labute approximate surface area is 164 Å². The lowest BCUT2D eigenvalue weighted by molar-refractivity contribution is 0.101. The van der Waals surface area contributed by atoms with Gasteiger partial charge < -0.3 is 20.1 Å². The first-order chi connectivity index (χ1) is 13.2. The maximum absolute atomic E-state index is 12.6. The monoisotopic (exact) mass is 392 g/mol. The van der Waals surface area contributed by atoms with Gasteiger partial charge in [-0.1, -0.05) is 17.7 Å². The molecule has 1 aromatic carbocycles. The van der Waals surface area contributed by atoms with Gasteiger partial charge in [0.1, 0.15) is 6.61 Å². The molecule has 1 aliphatic heterocycles. The van der Waals surface area contributed by atoms with E-state index in [9.17, 15) is 4.79 Å². The predicted molar refractivity (Wildman–Crippen MR) is 105 cm³/mol. The summed E-state index contributed by atoms with van der Waals surface area (Å²) in [4.78, 5) is 12.6. The van der Waals surface area contributed by atoms with Gasteiger partial charge >= 0.3 is 0 Å². The molecule has 1 aliphatic rings. The molecule has 1 unspecified atom stereocenters. The molecule has 1 amide bonds. The Morgan fingerprint density at radius 3 is 3.07 bits per heavy atom. The minimum atomic E-state index is -0.297. The third kappa shape index (κ3) is 5.22. The number of ether oxygens (including phenoxy) is 2. The average molecular weight is 393 g/mol. The molecule has 146 valence electrons. The molecule has 2 N–H and O–H groups in total. The number of aromatic nitrogens is 2. The van der Waals surface area contributed by atoms with Gasteiger partial charge in [0.25, 0.3) is 5.91 Å². The fourth-order valence-electron chi connectivity index (χ4n) is 3.01. The molecule has 0 aliphatic carbocycles. The molecule has 1 saturated heterocycles. The highest BCUT2D eigenvalue weighted by molar-refractivity contribution is 6.32. The van der Waals surface area contributed by atoms with Gasteiger partial charge in [0.05, 0.1) is 23.4 Å². The van der Waals surface area contributed by atoms with Crippen LogP contribution in [0, 0.1) is 0 Å². The molecule has 0 radical (unpaired) electrons. The van der Waals surface area contributed by atoms with Crippen molar-refractivity contribution in [3.63, 3.8) is 0 Å². The molecular weight excluding hydrogens is 368 g/mol. The van der Waals surface area contributed by atoms with E-state index in [-0.39, 0.29) is 11.9 Å². The van der Waals surface area contributed by atoms with E-state index in [4.69, 9.17) is 21.1 Å². The van der Waals surface area contributed by atoms with E-state index < -0.39 is 0 Å². The summed E-state index contributed by atoms with van der Waals surface area (Å²) in [5, 5.41) is 11.1. The molecular formula is C19H25ClN4O3.